The Morgan fingerprint density at radius 1 is 0.324 bits per heavy atom. The second kappa shape index (κ2) is 11.6. The van der Waals surface area contributed by atoms with Gasteiger partial charge in [0, 0.05) is 0 Å². The Morgan fingerprint density at radius 3 is 0.541 bits per heavy atom. The summed E-state index contributed by atoms with van der Waals surface area (Å²) >= 11 is 0. The minimum absolute atomic E-state index is 0.552. The molecule has 37 heavy (non-hydrogen) atoms. The molecular weight excluding hydrogens is 500 g/mol. The molecule has 0 aromatic carbocycles. The molecule has 0 radical (unpaired) electrons. The van der Waals surface area contributed by atoms with Crippen LogP contribution in [0.25, 0.3) is 0 Å². The first kappa shape index (κ1) is 37.2. The molecule has 0 spiro atoms. The molecule has 0 aliphatic rings. The molecule has 6 nitrogen and oxygen atoms in total. The maximum absolute atomic E-state index is 7.16. The van der Waals surface area contributed by atoms with E-state index in [0.717, 1.165) is 0 Å². The molecule has 0 saturated carbocycles. The smallest absolute Gasteiger partial charge is 0.368 e. The summed E-state index contributed by atoms with van der Waals surface area (Å²) in [6.45, 7) is 41.4. The van der Waals surface area contributed by atoms with Crippen molar-refractivity contribution in [3.63, 3.8) is 0 Å². The Bertz CT molecular complexity index is 566. The molecule has 8 heteroatoms. The van der Waals surface area contributed by atoms with Crippen LogP contribution in [-0.2, 0) is 26.6 Å². The Balaban J connectivity index is 8.19. The highest BCUT2D eigenvalue weighted by atomic mass is 28.5. The lowest BCUT2D eigenvalue weighted by Crippen LogP contribution is -2.76. The van der Waals surface area contributed by atoms with Crippen molar-refractivity contribution in [3.05, 3.63) is 0 Å². The predicted octanol–water partition coefficient (Wildman–Crippen LogP) is 8.85. The number of hydrogen-bond donors (Lipinski definition) is 0. The molecule has 0 aliphatic heterocycles. The third-order valence-electron chi connectivity index (χ3n) is 5.02. The van der Waals surface area contributed by atoms with E-state index in [1.54, 1.807) is 0 Å². The zero-order chi connectivity index (χ0) is 30.2. The average Bonchev–Trinajstić information content (AvgIpc) is 2.44. The highest BCUT2D eigenvalue weighted by Gasteiger charge is 2.79. The molecule has 0 aliphatic carbocycles. The number of rotatable bonds is 10. The summed E-state index contributed by atoms with van der Waals surface area (Å²) in [5.74, 6) is 0. The molecule has 0 saturated heterocycles. The van der Waals surface area contributed by atoms with Gasteiger partial charge in [-0.25, -0.2) is 0 Å². The first-order chi connectivity index (χ1) is 15.9. The van der Waals surface area contributed by atoms with E-state index in [-0.39, 0.29) is 0 Å². The van der Waals surface area contributed by atoms with Gasteiger partial charge in [-0.2, -0.15) is 0 Å². The zero-order valence-corrected chi connectivity index (χ0v) is 30.4. The van der Waals surface area contributed by atoms with Crippen molar-refractivity contribution in [3.8, 4) is 0 Å². The quantitative estimate of drug-likeness (QED) is 0.247. The average molecular weight is 565 g/mol. The molecule has 0 fully saturated rings. The van der Waals surface area contributed by atoms with Gasteiger partial charge in [0.2, 0.25) is 0 Å². The maximum atomic E-state index is 7.16. The van der Waals surface area contributed by atoms with Crippen LogP contribution in [0.4, 0.5) is 0 Å². The van der Waals surface area contributed by atoms with Crippen molar-refractivity contribution < 1.29 is 26.6 Å². The summed E-state index contributed by atoms with van der Waals surface area (Å²) in [5, 5.41) is 0. The van der Waals surface area contributed by atoms with Crippen molar-refractivity contribution >= 4 is 17.6 Å². The van der Waals surface area contributed by atoms with E-state index in [9.17, 15) is 0 Å². The molecule has 224 valence electrons. The topological polar surface area (TPSA) is 55.4 Å². The molecule has 0 aromatic heterocycles. The third-order valence-corrected chi connectivity index (χ3v) is 15.9. The SMILES string of the molecule is CCC(CC)([Si](OC(C)(C)C)(OC(C)(C)C)OC(C)(C)C)[Si](OC(C)(C)C)(OC(C)(C)C)OC(C)(C)C. The van der Waals surface area contributed by atoms with Crippen LogP contribution in [0, 0.1) is 0 Å². The maximum Gasteiger partial charge on any atom is 0.513 e. The summed E-state index contributed by atoms with van der Waals surface area (Å²) in [6, 6.07) is 0. The summed E-state index contributed by atoms with van der Waals surface area (Å²) < 4.78 is 42.2. The lowest BCUT2D eigenvalue weighted by molar-refractivity contribution is -0.117. The van der Waals surface area contributed by atoms with Crippen molar-refractivity contribution in [2.24, 2.45) is 0 Å². The fourth-order valence-electron chi connectivity index (χ4n) is 4.43. The summed E-state index contributed by atoms with van der Waals surface area (Å²) in [4.78, 5) is 0. The summed E-state index contributed by atoms with van der Waals surface area (Å²) in [6.07, 6.45) is 1.29. The monoisotopic (exact) mass is 564 g/mol. The van der Waals surface area contributed by atoms with Crippen LogP contribution in [0.1, 0.15) is 151 Å². The van der Waals surface area contributed by atoms with E-state index in [0.29, 0.717) is 12.8 Å². The fourth-order valence-corrected chi connectivity index (χ4v) is 14.8. The van der Waals surface area contributed by atoms with E-state index in [1.807, 2.05) is 0 Å². The van der Waals surface area contributed by atoms with Gasteiger partial charge in [-0.05, 0) is 137 Å². The van der Waals surface area contributed by atoms with Gasteiger partial charge < -0.3 is 26.6 Å². The van der Waals surface area contributed by atoms with Crippen LogP contribution in [-0.4, -0.2) is 51.2 Å². The van der Waals surface area contributed by atoms with Gasteiger partial charge in [0.05, 0.1) is 33.6 Å². The van der Waals surface area contributed by atoms with Crippen LogP contribution in [0.3, 0.4) is 0 Å². The van der Waals surface area contributed by atoms with E-state index in [1.165, 1.54) is 0 Å². The lowest BCUT2D eigenvalue weighted by atomic mass is 10.2. The van der Waals surface area contributed by atoms with Gasteiger partial charge >= 0.3 is 17.6 Å². The molecule has 0 amide bonds. The first-order valence-electron chi connectivity index (χ1n) is 14.1. The second-order valence-electron chi connectivity index (χ2n) is 16.2. The van der Waals surface area contributed by atoms with Crippen LogP contribution >= 0.6 is 0 Å². The second-order valence-corrected chi connectivity index (χ2v) is 22.1. The van der Waals surface area contributed by atoms with Gasteiger partial charge in [0.25, 0.3) is 0 Å². The largest absolute Gasteiger partial charge is 0.513 e. The third kappa shape index (κ3) is 11.7. The Labute approximate surface area is 233 Å². The van der Waals surface area contributed by atoms with Gasteiger partial charge in [-0.15, -0.1) is 0 Å². The summed E-state index contributed by atoms with van der Waals surface area (Å²) in [5.41, 5.74) is -3.31. The van der Waals surface area contributed by atoms with Crippen LogP contribution in [0.5, 0.6) is 0 Å². The molecule has 0 rings (SSSR count). The van der Waals surface area contributed by atoms with E-state index in [2.05, 4.69) is 138 Å². The van der Waals surface area contributed by atoms with E-state index >= 15 is 0 Å². The zero-order valence-electron chi connectivity index (χ0n) is 28.4. The van der Waals surface area contributed by atoms with Gasteiger partial charge in [0.15, 0.2) is 0 Å². The normalized spacial score (nSPS) is 15.9. The first-order valence-corrected chi connectivity index (χ1v) is 17.5. The molecule has 0 bridgehead atoms. The standard InChI is InChI=1S/C29H64O6Si2/c1-21-29(22-2,36(30-23(3,4)5,31-24(6,7)8)32-25(9,10)11)37(33-26(12,13)14,34-27(15,16)17)35-28(18,19)20/h21-22H2,1-20H3. The minimum Gasteiger partial charge on any atom is -0.368 e. The van der Waals surface area contributed by atoms with Crippen molar-refractivity contribution in [2.75, 3.05) is 0 Å². The van der Waals surface area contributed by atoms with E-state index in [4.69, 9.17) is 26.6 Å². The molecule has 0 N–H and O–H groups in total. The highest BCUT2D eigenvalue weighted by molar-refractivity contribution is 6.85. The van der Waals surface area contributed by atoms with Crippen LogP contribution < -0.4 is 0 Å². The predicted molar refractivity (Wildman–Crippen MR) is 160 cm³/mol. The van der Waals surface area contributed by atoms with Crippen LogP contribution in [0.2, 0.25) is 4.66 Å². The van der Waals surface area contributed by atoms with Gasteiger partial charge in [-0.1, -0.05) is 13.8 Å². The molecule has 0 aromatic rings. The molecule has 0 atom stereocenters. The minimum atomic E-state index is -3.73. The molecular formula is C29H64O6Si2. The number of hydrogen-bond acceptors (Lipinski definition) is 6. The van der Waals surface area contributed by atoms with Crippen molar-refractivity contribution in [1.29, 1.82) is 0 Å². The van der Waals surface area contributed by atoms with Gasteiger partial charge in [-0.3, -0.25) is 0 Å². The molecule has 0 heterocycles. The Kier molecular flexibility index (Phi) is 11.7. The summed E-state index contributed by atoms with van der Waals surface area (Å²) in [7, 11) is -7.46. The van der Waals surface area contributed by atoms with Crippen LogP contribution in [0.15, 0.2) is 0 Å². The van der Waals surface area contributed by atoms with Crippen molar-refractivity contribution in [2.45, 2.75) is 190 Å². The highest BCUT2D eigenvalue weighted by Crippen LogP contribution is 2.59. The van der Waals surface area contributed by atoms with Gasteiger partial charge in [0.1, 0.15) is 4.66 Å². The molecule has 0 unspecified atom stereocenters. The Hall–Kier alpha value is 0.194. The van der Waals surface area contributed by atoms with Crippen molar-refractivity contribution in [1.82, 2.24) is 0 Å². The fraction of sp³-hybridized carbons (Fsp3) is 1.00. The lowest BCUT2D eigenvalue weighted by Gasteiger charge is -2.58. The van der Waals surface area contributed by atoms with E-state index < -0.39 is 55.9 Å². The Morgan fingerprint density at radius 2 is 0.459 bits per heavy atom.